The molecule has 7 nitrogen and oxygen atoms in total. The minimum Gasteiger partial charge on any atom is -0.389 e. The van der Waals surface area contributed by atoms with Gasteiger partial charge in [0.05, 0.1) is 12.4 Å². The molecule has 1 aliphatic rings. The predicted octanol–water partition coefficient (Wildman–Crippen LogP) is 0.219. The van der Waals surface area contributed by atoms with E-state index in [0.29, 0.717) is 0 Å². The standard InChI is InChI=1S/C12H12FN5O2/c1-3-12(2)6(19)4-7(20-12)18-5-15-8-9(14)16-11(13)17-10(8)18/h1,5-7,19H,4H2,2H3,(H2,14,16,17)/t6-,7+,12+/m0/s1. The normalized spacial score (nSPS) is 29.7. The van der Waals surface area contributed by atoms with Gasteiger partial charge in [-0.15, -0.1) is 6.42 Å². The maximum atomic E-state index is 13.3. The fraction of sp³-hybridized carbons (Fsp3) is 0.417. The summed E-state index contributed by atoms with van der Waals surface area (Å²) in [6.45, 7) is 1.61. The second kappa shape index (κ2) is 4.13. The van der Waals surface area contributed by atoms with Crippen LogP contribution in [0, 0.1) is 18.4 Å². The van der Waals surface area contributed by atoms with Crippen LogP contribution in [0.5, 0.6) is 0 Å². The Hall–Kier alpha value is -2.24. The zero-order valence-electron chi connectivity index (χ0n) is 10.6. The fourth-order valence-electron chi connectivity index (χ4n) is 2.25. The monoisotopic (exact) mass is 277 g/mol. The molecule has 3 N–H and O–H groups in total. The first-order valence-electron chi connectivity index (χ1n) is 5.94. The van der Waals surface area contributed by atoms with Crippen molar-refractivity contribution in [3.05, 3.63) is 12.4 Å². The van der Waals surface area contributed by atoms with E-state index >= 15 is 0 Å². The van der Waals surface area contributed by atoms with Gasteiger partial charge in [0.25, 0.3) is 0 Å². The molecule has 104 valence electrons. The highest BCUT2D eigenvalue weighted by Gasteiger charge is 2.44. The summed E-state index contributed by atoms with van der Waals surface area (Å²) in [4.78, 5) is 11.1. The van der Waals surface area contributed by atoms with E-state index in [4.69, 9.17) is 16.9 Å². The number of halogens is 1. The summed E-state index contributed by atoms with van der Waals surface area (Å²) in [6, 6.07) is 0. The molecule has 2 aromatic heterocycles. The van der Waals surface area contributed by atoms with E-state index in [0.717, 1.165) is 0 Å². The largest absolute Gasteiger partial charge is 0.389 e. The average molecular weight is 277 g/mol. The smallest absolute Gasteiger partial charge is 0.312 e. The molecule has 8 heteroatoms. The van der Waals surface area contributed by atoms with Crippen LogP contribution >= 0.6 is 0 Å². The van der Waals surface area contributed by atoms with Gasteiger partial charge in [-0.25, -0.2) is 4.98 Å². The Bertz CT molecular complexity index is 724. The van der Waals surface area contributed by atoms with Gasteiger partial charge in [-0.3, -0.25) is 4.57 Å². The van der Waals surface area contributed by atoms with Crippen LogP contribution in [-0.4, -0.2) is 36.3 Å². The summed E-state index contributed by atoms with van der Waals surface area (Å²) >= 11 is 0. The molecule has 0 saturated carbocycles. The molecule has 20 heavy (non-hydrogen) atoms. The van der Waals surface area contributed by atoms with Crippen LogP contribution < -0.4 is 5.73 Å². The molecule has 1 saturated heterocycles. The number of aromatic nitrogens is 4. The van der Waals surface area contributed by atoms with Gasteiger partial charge in [0.2, 0.25) is 0 Å². The molecular formula is C12H12FN5O2. The van der Waals surface area contributed by atoms with Gasteiger partial charge in [0.1, 0.15) is 6.23 Å². The first kappa shape index (κ1) is 12.8. The van der Waals surface area contributed by atoms with Crippen molar-refractivity contribution in [2.75, 3.05) is 5.73 Å². The van der Waals surface area contributed by atoms with E-state index in [1.165, 1.54) is 10.9 Å². The molecule has 3 heterocycles. The number of nitrogen functional groups attached to an aromatic ring is 1. The second-order valence-corrected chi connectivity index (χ2v) is 4.78. The van der Waals surface area contributed by atoms with Crippen molar-refractivity contribution in [2.24, 2.45) is 0 Å². The van der Waals surface area contributed by atoms with Gasteiger partial charge in [0, 0.05) is 6.42 Å². The van der Waals surface area contributed by atoms with Crippen LogP contribution in [-0.2, 0) is 4.74 Å². The van der Waals surface area contributed by atoms with Crippen LogP contribution in [0.25, 0.3) is 11.2 Å². The molecule has 0 radical (unpaired) electrons. The van der Waals surface area contributed by atoms with E-state index < -0.39 is 24.0 Å². The minimum atomic E-state index is -1.10. The maximum absolute atomic E-state index is 13.3. The van der Waals surface area contributed by atoms with E-state index in [1.807, 2.05) is 0 Å². The molecule has 3 atom stereocenters. The molecule has 0 amide bonds. The Balaban J connectivity index is 2.07. The van der Waals surface area contributed by atoms with Gasteiger partial charge >= 0.3 is 6.08 Å². The Morgan fingerprint density at radius 3 is 3.05 bits per heavy atom. The second-order valence-electron chi connectivity index (χ2n) is 4.78. The molecule has 1 aliphatic heterocycles. The summed E-state index contributed by atoms with van der Waals surface area (Å²) in [7, 11) is 0. The number of anilines is 1. The highest BCUT2D eigenvalue weighted by atomic mass is 19.1. The number of aliphatic hydroxyl groups is 1. The average Bonchev–Trinajstić information content (AvgIpc) is 2.92. The minimum absolute atomic E-state index is 0.0514. The number of rotatable bonds is 1. The number of terminal acetylenes is 1. The SMILES string of the molecule is C#C[C@@]1(C)O[C@@H](n2cnc3c(N)nc(F)nc32)C[C@@H]1O. The first-order chi connectivity index (χ1) is 9.44. The Morgan fingerprint density at radius 1 is 1.65 bits per heavy atom. The number of fused-ring (bicyclic) bond motifs is 1. The van der Waals surface area contributed by atoms with Gasteiger partial charge in [-0.1, -0.05) is 5.92 Å². The molecule has 0 aromatic carbocycles. The third-order valence-corrected chi connectivity index (χ3v) is 3.46. The third-order valence-electron chi connectivity index (χ3n) is 3.46. The van der Waals surface area contributed by atoms with E-state index in [2.05, 4.69) is 20.9 Å². The summed E-state index contributed by atoms with van der Waals surface area (Å²) in [5.74, 6) is 2.36. The molecule has 0 unspecified atom stereocenters. The fourth-order valence-corrected chi connectivity index (χ4v) is 2.25. The van der Waals surface area contributed by atoms with E-state index in [-0.39, 0.29) is 23.4 Å². The number of nitrogens with two attached hydrogens (primary N) is 1. The molecule has 0 spiro atoms. The zero-order chi connectivity index (χ0) is 14.5. The number of hydrogen-bond donors (Lipinski definition) is 2. The van der Waals surface area contributed by atoms with Crippen molar-refractivity contribution in [3.63, 3.8) is 0 Å². The molecular weight excluding hydrogens is 265 g/mol. The van der Waals surface area contributed by atoms with Crippen LogP contribution in [0.1, 0.15) is 19.6 Å². The van der Waals surface area contributed by atoms with Gasteiger partial charge in [-0.05, 0) is 6.92 Å². The van der Waals surface area contributed by atoms with Crippen molar-refractivity contribution in [1.29, 1.82) is 0 Å². The summed E-state index contributed by atoms with van der Waals surface area (Å²) < 4.78 is 20.4. The Labute approximate surface area is 113 Å². The highest BCUT2D eigenvalue weighted by Crippen LogP contribution is 2.37. The molecule has 3 rings (SSSR count). The summed E-state index contributed by atoms with van der Waals surface area (Å²) in [5, 5.41) is 9.97. The topological polar surface area (TPSA) is 99.1 Å². The number of aliphatic hydroxyl groups excluding tert-OH is 1. The number of nitrogens with zero attached hydrogens (tertiary/aromatic N) is 4. The quantitative estimate of drug-likeness (QED) is 0.571. The number of hydrogen-bond acceptors (Lipinski definition) is 6. The van der Waals surface area contributed by atoms with Crippen molar-refractivity contribution in [1.82, 2.24) is 19.5 Å². The van der Waals surface area contributed by atoms with Crippen molar-refractivity contribution in [3.8, 4) is 12.3 Å². The van der Waals surface area contributed by atoms with Crippen LogP contribution in [0.4, 0.5) is 10.2 Å². The molecule has 0 bridgehead atoms. The lowest BCUT2D eigenvalue weighted by Crippen LogP contribution is -2.33. The van der Waals surface area contributed by atoms with Crippen LogP contribution in [0.2, 0.25) is 0 Å². The summed E-state index contributed by atoms with van der Waals surface area (Å²) in [5.41, 5.74) is 4.97. The first-order valence-corrected chi connectivity index (χ1v) is 5.94. The van der Waals surface area contributed by atoms with Crippen LogP contribution in [0.3, 0.4) is 0 Å². The Morgan fingerprint density at radius 2 is 2.40 bits per heavy atom. The van der Waals surface area contributed by atoms with E-state index in [1.54, 1.807) is 6.92 Å². The Kier molecular flexibility index (Phi) is 2.64. The van der Waals surface area contributed by atoms with Gasteiger partial charge in [-0.2, -0.15) is 14.4 Å². The number of ether oxygens (including phenoxy) is 1. The molecule has 2 aromatic rings. The van der Waals surface area contributed by atoms with Crippen molar-refractivity contribution >= 4 is 17.0 Å². The lowest BCUT2D eigenvalue weighted by atomic mass is 10.0. The number of imidazole rings is 1. The van der Waals surface area contributed by atoms with Crippen molar-refractivity contribution < 1.29 is 14.2 Å². The molecule has 1 fully saturated rings. The lowest BCUT2D eigenvalue weighted by molar-refractivity contribution is -0.0513. The van der Waals surface area contributed by atoms with E-state index in [9.17, 15) is 9.50 Å². The van der Waals surface area contributed by atoms with Gasteiger partial charge in [0.15, 0.2) is 22.6 Å². The lowest BCUT2D eigenvalue weighted by Gasteiger charge is -2.21. The summed E-state index contributed by atoms with van der Waals surface area (Å²) in [6.07, 6.45) is 4.65. The predicted molar refractivity (Wildman–Crippen MR) is 67.7 cm³/mol. The maximum Gasteiger partial charge on any atom is 0.312 e. The van der Waals surface area contributed by atoms with Crippen molar-refractivity contribution in [2.45, 2.75) is 31.3 Å². The zero-order valence-corrected chi connectivity index (χ0v) is 10.6. The van der Waals surface area contributed by atoms with Crippen LogP contribution in [0.15, 0.2) is 6.33 Å². The van der Waals surface area contributed by atoms with Gasteiger partial charge < -0.3 is 15.6 Å². The highest BCUT2D eigenvalue weighted by molar-refractivity contribution is 5.81. The molecule has 0 aliphatic carbocycles. The third kappa shape index (κ3) is 1.71.